The Kier molecular flexibility index (Phi) is 8.76. The predicted molar refractivity (Wildman–Crippen MR) is 143 cm³/mol. The Morgan fingerprint density at radius 1 is 0.842 bits per heavy atom. The minimum Gasteiger partial charge on any atom is -0.480 e. The molecule has 0 spiro atoms. The van der Waals surface area contributed by atoms with Crippen molar-refractivity contribution in [3.05, 3.63) is 95.6 Å². The summed E-state index contributed by atoms with van der Waals surface area (Å²) in [7, 11) is 0. The molecule has 3 N–H and O–H groups in total. The van der Waals surface area contributed by atoms with Crippen molar-refractivity contribution >= 4 is 18.0 Å². The lowest BCUT2D eigenvalue weighted by molar-refractivity contribution is -0.146. The number of hydrogen-bond acceptors (Lipinski definition) is 5. The summed E-state index contributed by atoms with van der Waals surface area (Å²) < 4.78 is 11.2. The van der Waals surface area contributed by atoms with E-state index in [9.17, 15) is 19.5 Å². The number of carbonyl (C=O) groups excluding carboxylic acids is 2. The second-order valence-electron chi connectivity index (χ2n) is 9.46. The van der Waals surface area contributed by atoms with Gasteiger partial charge in [-0.3, -0.25) is 4.79 Å². The molecule has 0 aromatic heterocycles. The summed E-state index contributed by atoms with van der Waals surface area (Å²) in [5.41, 5.74) is 5.39. The Morgan fingerprint density at radius 3 is 2.03 bits per heavy atom. The Balaban J connectivity index is 1.25. The molecule has 3 atom stereocenters. The van der Waals surface area contributed by atoms with Gasteiger partial charge in [-0.25, -0.2) is 9.59 Å². The van der Waals surface area contributed by atoms with E-state index in [-0.39, 0.29) is 25.6 Å². The summed E-state index contributed by atoms with van der Waals surface area (Å²) in [6, 6.07) is 23.7. The van der Waals surface area contributed by atoms with Crippen LogP contribution < -0.4 is 10.6 Å². The number of carbonyl (C=O) groups is 3. The van der Waals surface area contributed by atoms with E-state index in [0.29, 0.717) is 0 Å². The number of ether oxygens (including phenoxy) is 2. The van der Waals surface area contributed by atoms with Gasteiger partial charge in [-0.05, 0) is 41.7 Å². The van der Waals surface area contributed by atoms with E-state index in [0.717, 1.165) is 27.8 Å². The highest BCUT2D eigenvalue weighted by molar-refractivity contribution is 5.84. The molecule has 0 unspecified atom stereocenters. The Hall–Kier alpha value is -4.17. The van der Waals surface area contributed by atoms with Crippen LogP contribution in [0.15, 0.2) is 78.9 Å². The number of amides is 2. The SMILES string of the molecule is C[C@@H](CC(=O)N[C@H](C(=O)O)[C@@H](C)OCc1ccccc1)NC(=O)OCC1c2ccccc2-c2ccccc21. The number of fused-ring (bicyclic) bond motifs is 3. The Morgan fingerprint density at radius 2 is 1.42 bits per heavy atom. The van der Waals surface area contributed by atoms with Crippen LogP contribution in [-0.2, 0) is 25.7 Å². The highest BCUT2D eigenvalue weighted by atomic mass is 16.5. The van der Waals surface area contributed by atoms with Gasteiger partial charge in [-0.2, -0.15) is 0 Å². The van der Waals surface area contributed by atoms with Crippen LogP contribution >= 0.6 is 0 Å². The molecule has 2 amide bonds. The number of alkyl carbamates (subject to hydrolysis) is 1. The Labute approximate surface area is 222 Å². The molecule has 0 saturated heterocycles. The van der Waals surface area contributed by atoms with Crippen molar-refractivity contribution in [3.8, 4) is 11.1 Å². The summed E-state index contributed by atoms with van der Waals surface area (Å²) in [6.07, 6.45) is -1.51. The lowest BCUT2D eigenvalue weighted by Crippen LogP contribution is -2.50. The molecule has 8 nitrogen and oxygen atoms in total. The molecule has 0 fully saturated rings. The molecular formula is C30H32N2O6. The van der Waals surface area contributed by atoms with Gasteiger partial charge >= 0.3 is 12.1 Å². The summed E-state index contributed by atoms with van der Waals surface area (Å²) in [4.78, 5) is 36.8. The van der Waals surface area contributed by atoms with E-state index in [1.807, 2.05) is 66.7 Å². The number of benzene rings is 3. The van der Waals surface area contributed by atoms with Crippen LogP contribution in [0.4, 0.5) is 4.79 Å². The largest absolute Gasteiger partial charge is 0.480 e. The molecule has 1 aliphatic rings. The maximum Gasteiger partial charge on any atom is 0.407 e. The van der Waals surface area contributed by atoms with Gasteiger partial charge < -0.3 is 25.2 Å². The van der Waals surface area contributed by atoms with E-state index in [2.05, 4.69) is 22.8 Å². The van der Waals surface area contributed by atoms with Gasteiger partial charge in [-0.1, -0.05) is 78.9 Å². The first kappa shape index (κ1) is 26.9. The molecule has 3 aromatic rings. The van der Waals surface area contributed by atoms with Crippen molar-refractivity contribution in [1.29, 1.82) is 0 Å². The van der Waals surface area contributed by atoms with E-state index in [4.69, 9.17) is 9.47 Å². The van der Waals surface area contributed by atoms with Gasteiger partial charge in [0, 0.05) is 18.4 Å². The topological polar surface area (TPSA) is 114 Å². The fraction of sp³-hybridized carbons (Fsp3) is 0.300. The highest BCUT2D eigenvalue weighted by Crippen LogP contribution is 2.44. The zero-order valence-corrected chi connectivity index (χ0v) is 21.4. The summed E-state index contributed by atoms with van der Waals surface area (Å²) >= 11 is 0. The van der Waals surface area contributed by atoms with Crippen molar-refractivity contribution < 1.29 is 29.0 Å². The van der Waals surface area contributed by atoms with Crippen molar-refractivity contribution in [2.45, 2.75) is 51.0 Å². The summed E-state index contributed by atoms with van der Waals surface area (Å²) in [5, 5.41) is 14.8. The molecule has 38 heavy (non-hydrogen) atoms. The van der Waals surface area contributed by atoms with Crippen LogP contribution in [0.2, 0.25) is 0 Å². The van der Waals surface area contributed by atoms with Gasteiger partial charge in [0.05, 0.1) is 12.7 Å². The van der Waals surface area contributed by atoms with Crippen molar-refractivity contribution in [2.75, 3.05) is 6.61 Å². The fourth-order valence-electron chi connectivity index (χ4n) is 4.68. The minimum absolute atomic E-state index is 0.0690. The van der Waals surface area contributed by atoms with E-state index in [1.54, 1.807) is 13.8 Å². The van der Waals surface area contributed by atoms with E-state index < -0.39 is 36.2 Å². The smallest absolute Gasteiger partial charge is 0.407 e. The molecule has 3 aromatic carbocycles. The molecule has 0 aliphatic heterocycles. The third kappa shape index (κ3) is 6.58. The van der Waals surface area contributed by atoms with Gasteiger partial charge in [-0.15, -0.1) is 0 Å². The second kappa shape index (κ2) is 12.4. The predicted octanol–water partition coefficient (Wildman–Crippen LogP) is 4.48. The standard InChI is InChI=1S/C30H32N2O6/c1-19(16-27(33)32-28(29(34)35)20(2)37-17-21-10-4-3-5-11-21)31-30(36)38-18-26-24-14-8-6-12-22(24)23-13-7-9-15-25(23)26/h3-15,19-20,26,28H,16-18H2,1-2H3,(H,31,36)(H,32,33)(H,34,35)/t19-,20+,28-/m0/s1. The first-order valence-corrected chi connectivity index (χ1v) is 12.6. The molecule has 0 radical (unpaired) electrons. The fourth-order valence-corrected chi connectivity index (χ4v) is 4.68. The number of rotatable bonds is 11. The molecule has 0 saturated carbocycles. The van der Waals surface area contributed by atoms with Crippen LogP contribution in [0, 0.1) is 0 Å². The molecule has 0 bridgehead atoms. The second-order valence-corrected chi connectivity index (χ2v) is 9.46. The zero-order chi connectivity index (χ0) is 27.1. The van der Waals surface area contributed by atoms with Crippen molar-refractivity contribution in [2.24, 2.45) is 0 Å². The molecule has 1 aliphatic carbocycles. The number of hydrogen-bond donors (Lipinski definition) is 3. The van der Waals surface area contributed by atoms with Crippen LogP contribution in [0.3, 0.4) is 0 Å². The third-order valence-electron chi connectivity index (χ3n) is 6.61. The number of nitrogens with one attached hydrogen (secondary N) is 2. The normalized spacial score (nSPS) is 14.5. The lowest BCUT2D eigenvalue weighted by Gasteiger charge is -2.23. The van der Waals surface area contributed by atoms with Crippen molar-refractivity contribution in [3.63, 3.8) is 0 Å². The molecule has 0 heterocycles. The number of carboxylic acid groups (broad SMARTS) is 1. The average Bonchev–Trinajstić information content (AvgIpc) is 3.23. The first-order chi connectivity index (χ1) is 18.3. The minimum atomic E-state index is -1.23. The maximum atomic E-state index is 12.5. The molecular weight excluding hydrogens is 484 g/mol. The van der Waals surface area contributed by atoms with E-state index in [1.165, 1.54) is 0 Å². The maximum absolute atomic E-state index is 12.5. The van der Waals surface area contributed by atoms with Gasteiger partial charge in [0.1, 0.15) is 6.61 Å². The first-order valence-electron chi connectivity index (χ1n) is 12.6. The van der Waals surface area contributed by atoms with Gasteiger partial charge in [0.15, 0.2) is 6.04 Å². The van der Waals surface area contributed by atoms with Crippen LogP contribution in [0.25, 0.3) is 11.1 Å². The molecule has 8 heteroatoms. The molecule has 198 valence electrons. The van der Waals surface area contributed by atoms with Crippen LogP contribution in [0.5, 0.6) is 0 Å². The number of aliphatic carboxylic acids is 1. The van der Waals surface area contributed by atoms with Gasteiger partial charge in [0.25, 0.3) is 0 Å². The molecule has 4 rings (SSSR count). The number of carboxylic acids is 1. The van der Waals surface area contributed by atoms with Gasteiger partial charge in [0.2, 0.25) is 5.91 Å². The highest BCUT2D eigenvalue weighted by Gasteiger charge is 2.30. The third-order valence-corrected chi connectivity index (χ3v) is 6.61. The Bertz CT molecular complexity index is 1230. The summed E-state index contributed by atoms with van der Waals surface area (Å²) in [5.74, 6) is -1.78. The monoisotopic (exact) mass is 516 g/mol. The van der Waals surface area contributed by atoms with Crippen LogP contribution in [0.1, 0.15) is 42.9 Å². The zero-order valence-electron chi connectivity index (χ0n) is 21.4. The summed E-state index contributed by atoms with van der Waals surface area (Å²) in [6.45, 7) is 3.64. The average molecular weight is 517 g/mol. The van der Waals surface area contributed by atoms with E-state index >= 15 is 0 Å². The van der Waals surface area contributed by atoms with Crippen molar-refractivity contribution in [1.82, 2.24) is 10.6 Å². The quantitative estimate of drug-likeness (QED) is 0.346. The lowest BCUT2D eigenvalue weighted by atomic mass is 9.98. The van der Waals surface area contributed by atoms with Crippen LogP contribution in [-0.4, -0.2) is 47.9 Å².